The average molecular weight is 408 g/mol. The van der Waals surface area contributed by atoms with Gasteiger partial charge in [-0.05, 0) is 48.2 Å². The first-order chi connectivity index (χ1) is 14.5. The molecule has 3 aromatic carbocycles. The number of aryl methyl sites for hydroxylation is 1. The molecule has 6 heteroatoms. The van der Waals surface area contributed by atoms with E-state index in [0.29, 0.717) is 29.8 Å². The molecule has 0 saturated heterocycles. The van der Waals surface area contributed by atoms with Gasteiger partial charge in [-0.2, -0.15) is 0 Å². The van der Waals surface area contributed by atoms with Crippen molar-refractivity contribution in [2.24, 2.45) is 0 Å². The van der Waals surface area contributed by atoms with Crippen LogP contribution in [0.1, 0.15) is 27.9 Å². The van der Waals surface area contributed by atoms with Gasteiger partial charge in [0, 0.05) is 13.0 Å². The Labute approximate surface area is 173 Å². The molecule has 0 unspecified atom stereocenters. The van der Waals surface area contributed by atoms with E-state index in [1.807, 2.05) is 30.3 Å². The maximum Gasteiger partial charge on any atom is 0.253 e. The van der Waals surface area contributed by atoms with Crippen molar-refractivity contribution < 1.29 is 18.4 Å². The lowest BCUT2D eigenvalue weighted by atomic mass is 10.1. The van der Waals surface area contributed by atoms with Crippen molar-refractivity contribution in [3.05, 3.63) is 101 Å². The molecule has 3 rings (SSSR count). The molecule has 0 aliphatic heterocycles. The zero-order chi connectivity index (χ0) is 21.3. The van der Waals surface area contributed by atoms with Crippen LogP contribution in [0.25, 0.3) is 0 Å². The number of carbonyl (C=O) groups excluding carboxylic acids is 2. The summed E-state index contributed by atoms with van der Waals surface area (Å²) in [4.78, 5) is 24.8. The van der Waals surface area contributed by atoms with Crippen molar-refractivity contribution in [1.29, 1.82) is 0 Å². The molecule has 0 spiro atoms. The van der Waals surface area contributed by atoms with Gasteiger partial charge in [-0.1, -0.05) is 48.5 Å². The van der Waals surface area contributed by atoms with Crippen LogP contribution in [0.2, 0.25) is 0 Å². The van der Waals surface area contributed by atoms with Gasteiger partial charge in [0.2, 0.25) is 5.91 Å². The van der Waals surface area contributed by atoms with Crippen LogP contribution >= 0.6 is 0 Å². The SMILES string of the molecule is O=C(CCc1ccc(F)c(F)c1)Nc1ccccc1C(=O)NCCc1ccccc1. The molecule has 0 aromatic heterocycles. The topological polar surface area (TPSA) is 58.2 Å². The Morgan fingerprint density at radius 1 is 0.767 bits per heavy atom. The van der Waals surface area contributed by atoms with Crippen LogP contribution in [0.15, 0.2) is 72.8 Å². The summed E-state index contributed by atoms with van der Waals surface area (Å²) < 4.78 is 26.3. The molecule has 4 nitrogen and oxygen atoms in total. The number of anilines is 1. The van der Waals surface area contributed by atoms with Crippen molar-refractivity contribution in [3.8, 4) is 0 Å². The molecule has 30 heavy (non-hydrogen) atoms. The second kappa shape index (κ2) is 10.3. The predicted octanol–water partition coefficient (Wildman–Crippen LogP) is 4.51. The van der Waals surface area contributed by atoms with Crippen LogP contribution in [0.3, 0.4) is 0 Å². The Balaban J connectivity index is 1.55. The molecule has 0 radical (unpaired) electrons. The number of benzene rings is 3. The normalized spacial score (nSPS) is 10.5. The Kier molecular flexibility index (Phi) is 7.27. The van der Waals surface area contributed by atoms with E-state index >= 15 is 0 Å². The lowest BCUT2D eigenvalue weighted by Crippen LogP contribution is -2.27. The minimum atomic E-state index is -0.939. The van der Waals surface area contributed by atoms with E-state index in [4.69, 9.17) is 0 Å². The third-order valence-electron chi connectivity index (χ3n) is 4.61. The van der Waals surface area contributed by atoms with Gasteiger partial charge in [0.25, 0.3) is 5.91 Å². The number of nitrogens with one attached hydrogen (secondary N) is 2. The van der Waals surface area contributed by atoms with Crippen LogP contribution in [0.5, 0.6) is 0 Å². The van der Waals surface area contributed by atoms with Gasteiger partial charge in [0.05, 0.1) is 11.3 Å². The number of amides is 2. The van der Waals surface area contributed by atoms with Gasteiger partial charge < -0.3 is 10.6 Å². The fourth-order valence-corrected chi connectivity index (χ4v) is 3.02. The maximum absolute atomic E-state index is 13.3. The van der Waals surface area contributed by atoms with Crippen molar-refractivity contribution >= 4 is 17.5 Å². The zero-order valence-corrected chi connectivity index (χ0v) is 16.3. The molecule has 0 bridgehead atoms. The summed E-state index contributed by atoms with van der Waals surface area (Å²) in [6.07, 6.45) is 1.04. The monoisotopic (exact) mass is 408 g/mol. The summed E-state index contributed by atoms with van der Waals surface area (Å²) in [7, 11) is 0. The van der Waals surface area contributed by atoms with Crippen molar-refractivity contribution in [2.45, 2.75) is 19.3 Å². The third-order valence-corrected chi connectivity index (χ3v) is 4.61. The zero-order valence-electron chi connectivity index (χ0n) is 16.3. The van der Waals surface area contributed by atoms with E-state index in [-0.39, 0.29) is 24.7 Å². The summed E-state index contributed by atoms with van der Waals surface area (Å²) in [6.45, 7) is 0.473. The van der Waals surface area contributed by atoms with Crippen LogP contribution in [-0.2, 0) is 17.6 Å². The van der Waals surface area contributed by atoms with Gasteiger partial charge in [-0.15, -0.1) is 0 Å². The van der Waals surface area contributed by atoms with Crippen LogP contribution in [-0.4, -0.2) is 18.4 Å². The van der Waals surface area contributed by atoms with Gasteiger partial charge in [-0.25, -0.2) is 8.78 Å². The highest BCUT2D eigenvalue weighted by atomic mass is 19.2. The van der Waals surface area contributed by atoms with Crippen LogP contribution < -0.4 is 10.6 Å². The smallest absolute Gasteiger partial charge is 0.253 e. The van der Waals surface area contributed by atoms with E-state index in [2.05, 4.69) is 10.6 Å². The minimum Gasteiger partial charge on any atom is -0.352 e. The molecule has 0 atom stereocenters. The predicted molar refractivity (Wildman–Crippen MR) is 112 cm³/mol. The van der Waals surface area contributed by atoms with Crippen molar-refractivity contribution in [2.75, 3.05) is 11.9 Å². The Bertz CT molecular complexity index is 1020. The highest BCUT2D eigenvalue weighted by Crippen LogP contribution is 2.16. The molecule has 2 N–H and O–H groups in total. The number of carbonyl (C=O) groups is 2. The molecule has 3 aromatic rings. The number of hydrogen-bond acceptors (Lipinski definition) is 2. The molecule has 2 amide bonds. The van der Waals surface area contributed by atoms with Gasteiger partial charge in [-0.3, -0.25) is 9.59 Å². The summed E-state index contributed by atoms with van der Waals surface area (Å²) in [5.41, 5.74) is 2.42. The Hall–Kier alpha value is -3.54. The molecule has 154 valence electrons. The fourth-order valence-electron chi connectivity index (χ4n) is 3.02. The van der Waals surface area contributed by atoms with Gasteiger partial charge in [0.15, 0.2) is 11.6 Å². The molecule has 0 aliphatic rings. The fraction of sp³-hybridized carbons (Fsp3) is 0.167. The van der Waals surface area contributed by atoms with E-state index in [1.165, 1.54) is 6.07 Å². The van der Waals surface area contributed by atoms with Crippen molar-refractivity contribution in [1.82, 2.24) is 5.32 Å². The maximum atomic E-state index is 13.3. The third kappa shape index (κ3) is 5.98. The Morgan fingerprint density at radius 3 is 2.27 bits per heavy atom. The van der Waals surface area contributed by atoms with Gasteiger partial charge >= 0.3 is 0 Å². The first-order valence-electron chi connectivity index (χ1n) is 9.68. The molecular formula is C24H22F2N2O2. The summed E-state index contributed by atoms with van der Waals surface area (Å²) >= 11 is 0. The summed E-state index contributed by atoms with van der Waals surface area (Å²) in [5, 5.41) is 5.59. The lowest BCUT2D eigenvalue weighted by molar-refractivity contribution is -0.116. The van der Waals surface area contributed by atoms with E-state index in [0.717, 1.165) is 17.7 Å². The summed E-state index contributed by atoms with van der Waals surface area (Å²) in [5.74, 6) is -2.45. The van der Waals surface area contributed by atoms with Crippen LogP contribution in [0.4, 0.5) is 14.5 Å². The molecule has 0 aliphatic carbocycles. The highest BCUT2D eigenvalue weighted by molar-refractivity contribution is 6.03. The summed E-state index contributed by atoms with van der Waals surface area (Å²) in [6, 6.07) is 20.1. The first-order valence-corrected chi connectivity index (χ1v) is 9.68. The highest BCUT2D eigenvalue weighted by Gasteiger charge is 2.13. The van der Waals surface area contributed by atoms with E-state index in [9.17, 15) is 18.4 Å². The van der Waals surface area contributed by atoms with Crippen molar-refractivity contribution in [3.63, 3.8) is 0 Å². The average Bonchev–Trinajstić information content (AvgIpc) is 2.75. The number of halogens is 2. The van der Waals surface area contributed by atoms with Crippen LogP contribution in [0, 0.1) is 11.6 Å². The molecule has 0 fully saturated rings. The largest absolute Gasteiger partial charge is 0.352 e. The van der Waals surface area contributed by atoms with Gasteiger partial charge in [0.1, 0.15) is 0 Å². The first kappa shape index (κ1) is 21.2. The Morgan fingerprint density at radius 2 is 1.50 bits per heavy atom. The minimum absolute atomic E-state index is 0.0784. The number of hydrogen-bond donors (Lipinski definition) is 2. The standard InChI is InChI=1S/C24H22F2N2O2/c25-20-12-10-18(16-21(20)26)11-13-23(29)28-22-9-5-4-8-19(22)24(30)27-15-14-17-6-2-1-3-7-17/h1-10,12,16H,11,13-15H2,(H,27,30)(H,28,29). The second-order valence-electron chi connectivity index (χ2n) is 6.83. The molecular weight excluding hydrogens is 386 g/mol. The molecule has 0 saturated carbocycles. The molecule has 0 heterocycles. The van der Waals surface area contributed by atoms with E-state index in [1.54, 1.807) is 24.3 Å². The number of para-hydroxylation sites is 1. The lowest BCUT2D eigenvalue weighted by Gasteiger charge is -2.12. The number of rotatable bonds is 8. The second-order valence-corrected chi connectivity index (χ2v) is 6.83. The van der Waals surface area contributed by atoms with E-state index < -0.39 is 11.6 Å². The quantitative estimate of drug-likeness (QED) is 0.576.